The Morgan fingerprint density at radius 3 is 2.79 bits per heavy atom. The van der Waals surface area contributed by atoms with E-state index in [1.54, 1.807) is 18.2 Å². The molecule has 0 spiro atoms. The number of nitrogens with zero attached hydrogens (tertiary/aromatic N) is 1. The van der Waals surface area contributed by atoms with Gasteiger partial charge in [-0.25, -0.2) is 0 Å². The van der Waals surface area contributed by atoms with Crippen molar-refractivity contribution >= 4 is 28.9 Å². The molecule has 0 saturated heterocycles. The third kappa shape index (κ3) is 1.63. The highest BCUT2D eigenvalue weighted by Gasteiger charge is 2.27. The second kappa shape index (κ2) is 4.16. The minimum atomic E-state index is -0.166. The fourth-order valence-electron chi connectivity index (χ4n) is 2.86. The van der Waals surface area contributed by atoms with Gasteiger partial charge < -0.3 is 0 Å². The molecule has 0 aliphatic heterocycles. The standard InChI is InChI=1S/C15H13NO3/c1-9(18)16-13-6-5-10(8-17)7-12(13)11-3-2-4-14(19)15(11)16/h5-8H,2-4H2,1H3. The summed E-state index contributed by atoms with van der Waals surface area (Å²) >= 11 is 0. The lowest BCUT2D eigenvalue weighted by Crippen LogP contribution is -2.18. The Morgan fingerprint density at radius 1 is 1.32 bits per heavy atom. The van der Waals surface area contributed by atoms with Gasteiger partial charge in [0.2, 0.25) is 5.91 Å². The Balaban J connectivity index is 2.45. The van der Waals surface area contributed by atoms with Crippen LogP contribution in [0.2, 0.25) is 0 Å². The van der Waals surface area contributed by atoms with Gasteiger partial charge in [-0.2, -0.15) is 0 Å². The zero-order valence-electron chi connectivity index (χ0n) is 10.6. The number of aryl methyl sites for hydroxylation is 1. The van der Waals surface area contributed by atoms with E-state index in [1.165, 1.54) is 11.5 Å². The van der Waals surface area contributed by atoms with Crippen molar-refractivity contribution in [2.75, 3.05) is 0 Å². The minimum Gasteiger partial charge on any atom is -0.298 e. The molecule has 0 atom stereocenters. The number of aldehydes is 1. The van der Waals surface area contributed by atoms with Crippen LogP contribution in [0.15, 0.2) is 18.2 Å². The molecular weight excluding hydrogens is 242 g/mol. The molecule has 1 aromatic heterocycles. The molecule has 1 heterocycles. The fourth-order valence-corrected chi connectivity index (χ4v) is 2.86. The monoisotopic (exact) mass is 255 g/mol. The molecule has 0 N–H and O–H groups in total. The highest BCUT2D eigenvalue weighted by molar-refractivity contribution is 6.09. The summed E-state index contributed by atoms with van der Waals surface area (Å²) in [7, 11) is 0. The lowest BCUT2D eigenvalue weighted by Gasteiger charge is -2.12. The first kappa shape index (κ1) is 11.8. The Bertz CT molecular complexity index is 725. The normalized spacial score (nSPS) is 14.5. The Kier molecular flexibility index (Phi) is 2.59. The van der Waals surface area contributed by atoms with E-state index < -0.39 is 0 Å². The van der Waals surface area contributed by atoms with Crippen molar-refractivity contribution in [3.8, 4) is 0 Å². The van der Waals surface area contributed by atoms with E-state index in [-0.39, 0.29) is 11.7 Å². The Morgan fingerprint density at radius 2 is 2.11 bits per heavy atom. The van der Waals surface area contributed by atoms with E-state index in [0.29, 0.717) is 17.7 Å². The zero-order valence-corrected chi connectivity index (χ0v) is 10.6. The first-order valence-corrected chi connectivity index (χ1v) is 6.30. The highest BCUT2D eigenvalue weighted by atomic mass is 16.2. The number of carbonyl (C=O) groups excluding carboxylic acids is 3. The number of aromatic nitrogens is 1. The minimum absolute atomic E-state index is 0.0142. The molecule has 4 heteroatoms. The van der Waals surface area contributed by atoms with Crippen LogP contribution in [0.4, 0.5) is 0 Å². The third-order valence-corrected chi connectivity index (χ3v) is 3.64. The van der Waals surface area contributed by atoms with Crippen molar-refractivity contribution in [1.29, 1.82) is 0 Å². The molecule has 0 radical (unpaired) electrons. The molecule has 1 aliphatic rings. The lowest BCUT2D eigenvalue weighted by molar-refractivity contribution is 0.0898. The van der Waals surface area contributed by atoms with E-state index in [1.807, 2.05) is 0 Å². The predicted molar refractivity (Wildman–Crippen MR) is 70.9 cm³/mol. The number of benzene rings is 1. The van der Waals surface area contributed by atoms with Crippen molar-refractivity contribution in [2.24, 2.45) is 0 Å². The average Bonchev–Trinajstić information content (AvgIpc) is 2.74. The summed E-state index contributed by atoms with van der Waals surface area (Å²) in [5, 5.41) is 0.850. The molecule has 19 heavy (non-hydrogen) atoms. The Labute approximate surface area is 110 Å². The van der Waals surface area contributed by atoms with Crippen molar-refractivity contribution in [3.63, 3.8) is 0 Å². The number of ketones is 1. The van der Waals surface area contributed by atoms with Gasteiger partial charge in [-0.1, -0.05) is 0 Å². The van der Waals surface area contributed by atoms with E-state index in [2.05, 4.69) is 0 Å². The van der Waals surface area contributed by atoms with Crippen LogP contribution in [0.1, 0.15) is 51.0 Å². The molecule has 0 bridgehead atoms. The molecule has 4 nitrogen and oxygen atoms in total. The topological polar surface area (TPSA) is 56.1 Å². The van der Waals surface area contributed by atoms with E-state index in [9.17, 15) is 14.4 Å². The van der Waals surface area contributed by atoms with Crippen LogP contribution in [0.5, 0.6) is 0 Å². The summed E-state index contributed by atoms with van der Waals surface area (Å²) in [5.74, 6) is -0.152. The summed E-state index contributed by atoms with van der Waals surface area (Å²) in [6, 6.07) is 5.18. The van der Waals surface area contributed by atoms with Gasteiger partial charge in [0.05, 0.1) is 11.2 Å². The number of hydrogen-bond donors (Lipinski definition) is 0. The van der Waals surface area contributed by atoms with Crippen molar-refractivity contribution in [1.82, 2.24) is 4.57 Å². The molecule has 1 aromatic carbocycles. The Hall–Kier alpha value is -2.23. The van der Waals surface area contributed by atoms with E-state index in [0.717, 1.165) is 35.6 Å². The van der Waals surface area contributed by atoms with Crippen LogP contribution < -0.4 is 0 Å². The van der Waals surface area contributed by atoms with Crippen molar-refractivity contribution < 1.29 is 14.4 Å². The number of rotatable bonds is 1. The van der Waals surface area contributed by atoms with Crippen LogP contribution >= 0.6 is 0 Å². The summed E-state index contributed by atoms with van der Waals surface area (Å²) in [6.07, 6.45) is 2.84. The second-order valence-electron chi connectivity index (χ2n) is 4.85. The number of fused-ring (bicyclic) bond motifs is 3. The van der Waals surface area contributed by atoms with Crippen molar-refractivity contribution in [3.05, 3.63) is 35.0 Å². The van der Waals surface area contributed by atoms with Crippen LogP contribution in [-0.2, 0) is 6.42 Å². The molecule has 1 aliphatic carbocycles. The maximum atomic E-state index is 12.1. The van der Waals surface area contributed by atoms with Gasteiger partial charge in [0.1, 0.15) is 6.29 Å². The molecule has 0 fully saturated rings. The molecule has 0 saturated carbocycles. The lowest BCUT2D eigenvalue weighted by atomic mass is 9.94. The molecule has 3 rings (SSSR count). The molecule has 0 unspecified atom stereocenters. The SMILES string of the molecule is CC(=O)n1c2c(c3cc(C=O)ccc31)CCCC2=O. The van der Waals surface area contributed by atoms with Crippen molar-refractivity contribution in [2.45, 2.75) is 26.2 Å². The van der Waals surface area contributed by atoms with Gasteiger partial charge in [-0.05, 0) is 36.6 Å². The molecule has 2 aromatic rings. The van der Waals surface area contributed by atoms with Crippen LogP contribution in [0.3, 0.4) is 0 Å². The fraction of sp³-hybridized carbons (Fsp3) is 0.267. The largest absolute Gasteiger partial charge is 0.298 e. The quantitative estimate of drug-likeness (QED) is 0.736. The summed E-state index contributed by atoms with van der Waals surface area (Å²) in [5.41, 5.74) is 2.70. The van der Waals surface area contributed by atoms with E-state index >= 15 is 0 Å². The van der Waals surface area contributed by atoms with Gasteiger partial charge in [0, 0.05) is 24.3 Å². The molecule has 0 amide bonds. The van der Waals surface area contributed by atoms with Crippen LogP contribution in [-0.4, -0.2) is 22.5 Å². The van der Waals surface area contributed by atoms with Gasteiger partial charge in [0.15, 0.2) is 5.78 Å². The first-order chi connectivity index (χ1) is 9.13. The van der Waals surface area contributed by atoms with Gasteiger partial charge in [0.25, 0.3) is 0 Å². The maximum absolute atomic E-state index is 12.1. The predicted octanol–water partition coefficient (Wildman–Crippen LogP) is 2.63. The van der Waals surface area contributed by atoms with E-state index in [4.69, 9.17) is 0 Å². The van der Waals surface area contributed by atoms with Crippen LogP contribution in [0, 0.1) is 0 Å². The third-order valence-electron chi connectivity index (χ3n) is 3.64. The average molecular weight is 255 g/mol. The summed E-state index contributed by atoms with van der Waals surface area (Å²) in [6.45, 7) is 1.45. The first-order valence-electron chi connectivity index (χ1n) is 6.30. The van der Waals surface area contributed by atoms with Gasteiger partial charge in [-0.15, -0.1) is 0 Å². The molecule has 96 valence electrons. The number of hydrogen-bond acceptors (Lipinski definition) is 3. The summed E-state index contributed by atoms with van der Waals surface area (Å²) in [4.78, 5) is 34.8. The maximum Gasteiger partial charge on any atom is 0.228 e. The smallest absolute Gasteiger partial charge is 0.228 e. The number of carbonyl (C=O) groups is 3. The van der Waals surface area contributed by atoms with Crippen LogP contribution in [0.25, 0.3) is 10.9 Å². The van der Waals surface area contributed by atoms with Gasteiger partial charge >= 0.3 is 0 Å². The number of Topliss-reactive ketones (excluding diaryl/α,β-unsaturated/α-hetero) is 1. The zero-order chi connectivity index (χ0) is 13.6. The summed E-state index contributed by atoms with van der Waals surface area (Å²) < 4.78 is 1.49. The highest BCUT2D eigenvalue weighted by Crippen LogP contribution is 2.32. The second-order valence-corrected chi connectivity index (χ2v) is 4.85. The molecular formula is C15H13NO3. The van der Waals surface area contributed by atoms with Gasteiger partial charge in [-0.3, -0.25) is 19.0 Å².